The van der Waals surface area contributed by atoms with Crippen molar-refractivity contribution in [3.8, 4) is 12.3 Å². The second-order valence-electron chi connectivity index (χ2n) is 2.39. The number of aliphatic hydroxyl groups excluding tert-OH is 1. The Labute approximate surface area is 62.2 Å². The second-order valence-corrected chi connectivity index (χ2v) is 2.39. The summed E-state index contributed by atoms with van der Waals surface area (Å²) in [7, 11) is 1.55. The Kier molecular flexibility index (Phi) is 4.10. The molecule has 0 aliphatic heterocycles. The molecule has 0 rings (SSSR count). The van der Waals surface area contributed by atoms with Crippen LogP contribution in [0.4, 0.5) is 0 Å². The first-order valence-corrected chi connectivity index (χ1v) is 3.30. The van der Waals surface area contributed by atoms with Gasteiger partial charge in [0.15, 0.2) is 0 Å². The van der Waals surface area contributed by atoms with Crippen LogP contribution in [0.1, 0.15) is 13.8 Å². The summed E-state index contributed by atoms with van der Waals surface area (Å²) in [6, 6.07) is 0. The minimum absolute atomic E-state index is 0.144. The molecule has 2 heteroatoms. The van der Waals surface area contributed by atoms with E-state index in [9.17, 15) is 5.11 Å². The Morgan fingerprint density at radius 2 is 2.00 bits per heavy atom. The van der Waals surface area contributed by atoms with Crippen LogP contribution in [-0.4, -0.2) is 24.4 Å². The summed E-state index contributed by atoms with van der Waals surface area (Å²) < 4.78 is 4.89. The molecule has 0 fully saturated rings. The van der Waals surface area contributed by atoms with E-state index < -0.39 is 6.10 Å². The molecular weight excluding hydrogens is 128 g/mol. The SMILES string of the molecule is C#CC(C)C(O)C(C)OC. The van der Waals surface area contributed by atoms with Gasteiger partial charge in [0.2, 0.25) is 0 Å². The summed E-state index contributed by atoms with van der Waals surface area (Å²) in [5.41, 5.74) is 0. The van der Waals surface area contributed by atoms with Crippen LogP contribution in [0.3, 0.4) is 0 Å². The third kappa shape index (κ3) is 2.38. The maximum absolute atomic E-state index is 9.32. The zero-order valence-corrected chi connectivity index (χ0v) is 6.66. The summed E-state index contributed by atoms with van der Waals surface area (Å²) in [5.74, 6) is 2.31. The summed E-state index contributed by atoms with van der Waals surface area (Å²) in [6.45, 7) is 3.58. The molecule has 0 aliphatic rings. The predicted octanol–water partition coefficient (Wildman–Crippen LogP) is 0.651. The van der Waals surface area contributed by atoms with Gasteiger partial charge in [-0.25, -0.2) is 0 Å². The monoisotopic (exact) mass is 142 g/mol. The molecular formula is C8H14O2. The Hall–Kier alpha value is -0.520. The first kappa shape index (κ1) is 9.48. The van der Waals surface area contributed by atoms with E-state index in [0.29, 0.717) is 0 Å². The average Bonchev–Trinajstić information content (AvgIpc) is 2.00. The smallest absolute Gasteiger partial charge is 0.0933 e. The van der Waals surface area contributed by atoms with Crippen molar-refractivity contribution in [3.63, 3.8) is 0 Å². The van der Waals surface area contributed by atoms with Crippen LogP contribution in [0.2, 0.25) is 0 Å². The van der Waals surface area contributed by atoms with Gasteiger partial charge in [-0.3, -0.25) is 0 Å². The Morgan fingerprint density at radius 3 is 2.30 bits per heavy atom. The molecule has 0 aromatic carbocycles. The highest BCUT2D eigenvalue weighted by atomic mass is 16.5. The molecule has 0 aromatic heterocycles. The fraction of sp³-hybridized carbons (Fsp3) is 0.750. The average molecular weight is 142 g/mol. The Bertz CT molecular complexity index is 126. The fourth-order valence-electron chi connectivity index (χ4n) is 0.645. The van der Waals surface area contributed by atoms with E-state index >= 15 is 0 Å². The number of hydrogen-bond acceptors (Lipinski definition) is 2. The molecule has 0 aromatic rings. The molecule has 0 saturated carbocycles. The minimum atomic E-state index is -0.560. The zero-order valence-electron chi connectivity index (χ0n) is 6.66. The van der Waals surface area contributed by atoms with Crippen molar-refractivity contribution in [1.82, 2.24) is 0 Å². The molecule has 0 radical (unpaired) electrons. The summed E-state index contributed by atoms with van der Waals surface area (Å²) in [6.07, 6.45) is 4.35. The van der Waals surface area contributed by atoms with Gasteiger partial charge in [0.25, 0.3) is 0 Å². The molecule has 10 heavy (non-hydrogen) atoms. The van der Waals surface area contributed by atoms with Crippen LogP contribution in [0.15, 0.2) is 0 Å². The maximum atomic E-state index is 9.32. The molecule has 2 nitrogen and oxygen atoms in total. The van der Waals surface area contributed by atoms with Crippen LogP contribution in [0.25, 0.3) is 0 Å². The number of aliphatic hydroxyl groups is 1. The standard InChI is InChI=1S/C8H14O2/c1-5-6(2)8(9)7(3)10-4/h1,6-9H,2-4H3. The lowest BCUT2D eigenvalue weighted by atomic mass is 10.0. The van der Waals surface area contributed by atoms with Crippen LogP contribution in [0.5, 0.6) is 0 Å². The van der Waals surface area contributed by atoms with Gasteiger partial charge in [0.1, 0.15) is 0 Å². The number of terminal acetylenes is 1. The molecule has 0 bridgehead atoms. The number of ether oxygens (including phenoxy) is 1. The van der Waals surface area contributed by atoms with Crippen molar-refractivity contribution >= 4 is 0 Å². The van der Waals surface area contributed by atoms with Crippen molar-refractivity contribution < 1.29 is 9.84 Å². The molecule has 0 heterocycles. The zero-order chi connectivity index (χ0) is 8.15. The molecule has 0 amide bonds. The summed E-state index contributed by atoms with van der Waals surface area (Å²) in [4.78, 5) is 0. The van der Waals surface area contributed by atoms with Crippen LogP contribution >= 0.6 is 0 Å². The van der Waals surface area contributed by atoms with Crippen molar-refractivity contribution in [3.05, 3.63) is 0 Å². The van der Waals surface area contributed by atoms with Crippen molar-refractivity contribution in [1.29, 1.82) is 0 Å². The van der Waals surface area contributed by atoms with E-state index in [0.717, 1.165) is 0 Å². The molecule has 0 aliphatic carbocycles. The van der Waals surface area contributed by atoms with Gasteiger partial charge in [-0.2, -0.15) is 0 Å². The van der Waals surface area contributed by atoms with Crippen LogP contribution in [-0.2, 0) is 4.74 Å². The molecule has 3 unspecified atom stereocenters. The van der Waals surface area contributed by atoms with E-state index in [1.165, 1.54) is 0 Å². The molecule has 3 atom stereocenters. The number of hydrogen-bond donors (Lipinski definition) is 1. The Morgan fingerprint density at radius 1 is 1.50 bits per heavy atom. The van der Waals surface area contributed by atoms with Gasteiger partial charge in [-0.15, -0.1) is 12.3 Å². The highest BCUT2D eigenvalue weighted by molar-refractivity contribution is 4.95. The van der Waals surface area contributed by atoms with Gasteiger partial charge in [0.05, 0.1) is 12.2 Å². The highest BCUT2D eigenvalue weighted by Crippen LogP contribution is 2.07. The van der Waals surface area contributed by atoms with Crippen molar-refractivity contribution in [2.75, 3.05) is 7.11 Å². The third-order valence-electron chi connectivity index (χ3n) is 1.63. The molecule has 58 valence electrons. The lowest BCUT2D eigenvalue weighted by Gasteiger charge is -2.19. The molecule has 0 spiro atoms. The van der Waals surface area contributed by atoms with Crippen molar-refractivity contribution in [2.45, 2.75) is 26.1 Å². The van der Waals surface area contributed by atoms with Crippen LogP contribution in [0, 0.1) is 18.3 Å². The maximum Gasteiger partial charge on any atom is 0.0933 e. The fourth-order valence-corrected chi connectivity index (χ4v) is 0.645. The van der Waals surface area contributed by atoms with E-state index in [2.05, 4.69) is 5.92 Å². The first-order valence-electron chi connectivity index (χ1n) is 3.30. The predicted molar refractivity (Wildman–Crippen MR) is 40.5 cm³/mol. The van der Waals surface area contributed by atoms with Crippen LogP contribution < -0.4 is 0 Å². The van der Waals surface area contributed by atoms with E-state index in [1.54, 1.807) is 21.0 Å². The summed E-state index contributed by atoms with van der Waals surface area (Å²) in [5, 5.41) is 9.32. The largest absolute Gasteiger partial charge is 0.389 e. The van der Waals surface area contributed by atoms with E-state index in [4.69, 9.17) is 11.2 Å². The minimum Gasteiger partial charge on any atom is -0.389 e. The molecule has 1 N–H and O–H groups in total. The molecule has 0 saturated heterocycles. The normalized spacial score (nSPS) is 19.1. The number of rotatable bonds is 3. The quantitative estimate of drug-likeness (QED) is 0.586. The van der Waals surface area contributed by atoms with E-state index in [-0.39, 0.29) is 12.0 Å². The highest BCUT2D eigenvalue weighted by Gasteiger charge is 2.18. The lowest BCUT2D eigenvalue weighted by Crippen LogP contribution is -2.30. The van der Waals surface area contributed by atoms with Gasteiger partial charge >= 0.3 is 0 Å². The van der Waals surface area contributed by atoms with Gasteiger partial charge in [0, 0.05) is 13.0 Å². The van der Waals surface area contributed by atoms with Gasteiger partial charge in [-0.1, -0.05) is 0 Å². The third-order valence-corrected chi connectivity index (χ3v) is 1.63. The second kappa shape index (κ2) is 4.32. The van der Waals surface area contributed by atoms with Gasteiger partial charge < -0.3 is 9.84 Å². The van der Waals surface area contributed by atoms with E-state index in [1.807, 2.05) is 0 Å². The van der Waals surface area contributed by atoms with Crippen molar-refractivity contribution in [2.24, 2.45) is 5.92 Å². The lowest BCUT2D eigenvalue weighted by molar-refractivity contribution is -0.0159. The Balaban J connectivity index is 3.84. The first-order chi connectivity index (χ1) is 4.63. The topological polar surface area (TPSA) is 29.5 Å². The number of methoxy groups -OCH3 is 1. The summed E-state index contributed by atoms with van der Waals surface area (Å²) >= 11 is 0. The van der Waals surface area contributed by atoms with Gasteiger partial charge in [-0.05, 0) is 13.8 Å².